The van der Waals surface area contributed by atoms with Crippen molar-refractivity contribution in [2.45, 2.75) is 54.3 Å². The number of aromatic nitrogens is 8. The van der Waals surface area contributed by atoms with Crippen LogP contribution in [0.15, 0.2) is 105 Å². The van der Waals surface area contributed by atoms with E-state index in [1.807, 2.05) is 120 Å². The summed E-state index contributed by atoms with van der Waals surface area (Å²) in [5, 5.41) is 23.6. The maximum atomic E-state index is 12.3. The van der Waals surface area contributed by atoms with Gasteiger partial charge in [0.1, 0.15) is 31.3 Å². The molecule has 58 heavy (non-hydrogen) atoms. The van der Waals surface area contributed by atoms with Crippen molar-refractivity contribution in [3.63, 3.8) is 0 Å². The molecule has 0 bridgehead atoms. The van der Waals surface area contributed by atoms with Crippen molar-refractivity contribution in [2.24, 2.45) is 24.4 Å². The highest BCUT2D eigenvalue weighted by molar-refractivity contribution is 5.99. The van der Waals surface area contributed by atoms with Gasteiger partial charge in [-0.3, -0.25) is 0 Å². The van der Waals surface area contributed by atoms with Crippen LogP contribution < -0.4 is 20.9 Å². The number of ether oxygens (including phenoxy) is 2. The molecule has 0 saturated heterocycles. The summed E-state index contributed by atoms with van der Waals surface area (Å²) in [5.74, 6) is 3.73. The van der Waals surface area contributed by atoms with Crippen LogP contribution in [0.25, 0.3) is 11.4 Å². The summed E-state index contributed by atoms with van der Waals surface area (Å²) in [6.45, 7) is 11.0. The van der Waals surface area contributed by atoms with Gasteiger partial charge >= 0.3 is 11.4 Å². The van der Waals surface area contributed by atoms with Crippen molar-refractivity contribution >= 4 is 11.4 Å². The first kappa shape index (κ1) is 41.9. The lowest BCUT2D eigenvalue weighted by Gasteiger charge is -2.13. The molecular formula is C42H46N10O6. The van der Waals surface area contributed by atoms with Crippen LogP contribution in [-0.2, 0) is 37.0 Å². The van der Waals surface area contributed by atoms with E-state index < -0.39 is 0 Å². The predicted octanol–water partition coefficient (Wildman–Crippen LogP) is 5.23. The molecule has 300 valence electrons. The van der Waals surface area contributed by atoms with E-state index >= 15 is 0 Å². The van der Waals surface area contributed by atoms with Crippen LogP contribution in [0, 0.1) is 26.2 Å². The van der Waals surface area contributed by atoms with Crippen LogP contribution >= 0.6 is 0 Å². The van der Waals surface area contributed by atoms with Crippen molar-refractivity contribution in [1.82, 2.24) is 39.6 Å². The average molecular weight is 787 g/mol. The van der Waals surface area contributed by atoms with Gasteiger partial charge in [-0.25, -0.2) is 9.59 Å². The molecule has 4 aromatic carbocycles. The Bertz CT molecular complexity index is 2560. The van der Waals surface area contributed by atoms with Crippen LogP contribution in [0.4, 0.5) is 0 Å². The fourth-order valence-electron chi connectivity index (χ4n) is 5.51. The smallest absolute Gasteiger partial charge is 0.368 e. The van der Waals surface area contributed by atoms with Crippen LogP contribution in [0.2, 0.25) is 0 Å². The Hall–Kier alpha value is -7.28. The minimum absolute atomic E-state index is 0.116. The van der Waals surface area contributed by atoms with Gasteiger partial charge in [0.15, 0.2) is 6.61 Å². The number of benzene rings is 4. The molecule has 2 aromatic heterocycles. The van der Waals surface area contributed by atoms with E-state index in [9.17, 15) is 9.59 Å². The first-order valence-electron chi connectivity index (χ1n) is 18.4. The standard InChI is InChI=1S/C21H25N5O3.C21H21N5O3/c2*1-5-12-29-22-16(3)17-9-7-10-18(13-17)28-14-19-15(2)8-6-11-20(19)26-21(27)25(4)23-24-26/h6-11,13H,5,12,14H2,1-4H3;1,6-11,13H,12,14H2,2-4H3. The Morgan fingerprint density at radius 1 is 0.672 bits per heavy atom. The zero-order valence-corrected chi connectivity index (χ0v) is 33.6. The van der Waals surface area contributed by atoms with Gasteiger partial charge in [0, 0.05) is 36.3 Å². The lowest BCUT2D eigenvalue weighted by atomic mass is 10.1. The molecule has 0 aliphatic carbocycles. The zero-order valence-electron chi connectivity index (χ0n) is 33.6. The number of rotatable bonds is 15. The number of tetrazole rings is 2. The lowest BCUT2D eigenvalue weighted by Crippen LogP contribution is -2.23. The van der Waals surface area contributed by atoms with Crippen LogP contribution in [-0.4, -0.2) is 64.2 Å². The average Bonchev–Trinajstić information content (AvgIpc) is 3.74. The Labute approximate surface area is 335 Å². The fourth-order valence-corrected chi connectivity index (χ4v) is 5.51. The van der Waals surface area contributed by atoms with Crippen LogP contribution in [0.5, 0.6) is 11.5 Å². The van der Waals surface area contributed by atoms with Gasteiger partial charge < -0.3 is 19.1 Å². The molecule has 0 N–H and O–H groups in total. The third-order valence-electron chi connectivity index (χ3n) is 8.79. The summed E-state index contributed by atoms with van der Waals surface area (Å²) in [6.07, 6.45) is 6.06. The molecule has 0 atom stereocenters. The molecule has 0 fully saturated rings. The van der Waals surface area contributed by atoms with E-state index in [-0.39, 0.29) is 31.2 Å². The van der Waals surface area contributed by atoms with Crippen LogP contribution in [0.1, 0.15) is 60.6 Å². The quantitative estimate of drug-likeness (QED) is 0.0582. The Morgan fingerprint density at radius 3 is 1.53 bits per heavy atom. The molecule has 6 rings (SSSR count). The SMILES string of the molecule is C#CCON=C(C)c1cccc(OCc2c(C)cccc2-n2nnn(C)c2=O)c1.CCCON=C(C)c1cccc(OCc2c(C)cccc2-n2nnn(C)c2=O)c1. The fraction of sp³-hybridized carbons (Fsp3) is 0.286. The highest BCUT2D eigenvalue weighted by Gasteiger charge is 2.15. The van der Waals surface area contributed by atoms with Crippen molar-refractivity contribution in [3.05, 3.63) is 139 Å². The Morgan fingerprint density at radius 2 is 1.12 bits per heavy atom. The summed E-state index contributed by atoms with van der Waals surface area (Å²) in [7, 11) is 3.12. The summed E-state index contributed by atoms with van der Waals surface area (Å²) < 4.78 is 17.0. The molecule has 0 aliphatic rings. The molecule has 0 radical (unpaired) electrons. The second-order valence-electron chi connectivity index (χ2n) is 13.0. The number of nitrogens with zero attached hydrogens (tertiary/aromatic N) is 10. The molecule has 0 spiro atoms. The summed E-state index contributed by atoms with van der Waals surface area (Å²) in [4.78, 5) is 34.8. The predicted molar refractivity (Wildman–Crippen MR) is 220 cm³/mol. The highest BCUT2D eigenvalue weighted by atomic mass is 16.6. The topological polar surface area (TPSA) is 167 Å². The van der Waals surface area contributed by atoms with E-state index in [4.69, 9.17) is 25.6 Å². The first-order valence-corrected chi connectivity index (χ1v) is 18.4. The van der Waals surface area contributed by atoms with Gasteiger partial charge in [-0.05, 0) is 102 Å². The Balaban J connectivity index is 0.000000221. The Kier molecular flexibility index (Phi) is 14.5. The van der Waals surface area contributed by atoms with Crippen molar-refractivity contribution in [2.75, 3.05) is 13.2 Å². The molecule has 16 heteroatoms. The van der Waals surface area contributed by atoms with Gasteiger partial charge in [-0.1, -0.05) is 71.7 Å². The zero-order chi connectivity index (χ0) is 41.6. The molecule has 0 unspecified atom stereocenters. The largest absolute Gasteiger partial charge is 0.489 e. The molecule has 0 amide bonds. The summed E-state index contributed by atoms with van der Waals surface area (Å²) in [6, 6.07) is 26.5. The van der Waals surface area contributed by atoms with E-state index in [2.05, 4.69) is 37.1 Å². The van der Waals surface area contributed by atoms with E-state index in [1.165, 1.54) is 18.7 Å². The van der Waals surface area contributed by atoms with Gasteiger partial charge in [-0.2, -0.15) is 18.7 Å². The molecule has 0 saturated carbocycles. The first-order chi connectivity index (χ1) is 28.0. The molecule has 16 nitrogen and oxygen atoms in total. The summed E-state index contributed by atoms with van der Waals surface area (Å²) >= 11 is 0. The maximum absolute atomic E-state index is 12.3. The maximum Gasteiger partial charge on any atom is 0.368 e. The van der Waals surface area contributed by atoms with Gasteiger partial charge in [-0.15, -0.1) is 6.42 Å². The van der Waals surface area contributed by atoms with Crippen molar-refractivity contribution in [3.8, 4) is 35.2 Å². The highest BCUT2D eigenvalue weighted by Crippen LogP contribution is 2.23. The number of terminal acetylenes is 1. The van der Waals surface area contributed by atoms with E-state index in [0.29, 0.717) is 35.2 Å². The van der Waals surface area contributed by atoms with E-state index in [0.717, 1.165) is 45.5 Å². The third kappa shape index (κ3) is 10.5. The lowest BCUT2D eigenvalue weighted by molar-refractivity contribution is 0.145. The minimum Gasteiger partial charge on any atom is -0.489 e. The third-order valence-corrected chi connectivity index (χ3v) is 8.79. The van der Waals surface area contributed by atoms with Gasteiger partial charge in [0.05, 0.1) is 22.8 Å². The van der Waals surface area contributed by atoms with Crippen LogP contribution in [0.3, 0.4) is 0 Å². The van der Waals surface area contributed by atoms with Crippen molar-refractivity contribution < 1.29 is 19.1 Å². The molecule has 0 aliphatic heterocycles. The normalized spacial score (nSPS) is 11.3. The number of aryl methyl sites for hydroxylation is 4. The molecule has 2 heterocycles. The second-order valence-corrected chi connectivity index (χ2v) is 13.0. The number of oxime groups is 2. The monoisotopic (exact) mass is 786 g/mol. The second kappa shape index (κ2) is 20.1. The minimum atomic E-state index is -0.322. The number of hydrogen-bond donors (Lipinski definition) is 0. The van der Waals surface area contributed by atoms with E-state index in [1.54, 1.807) is 14.1 Å². The summed E-state index contributed by atoms with van der Waals surface area (Å²) in [5.41, 5.74) is 7.63. The molecule has 6 aromatic rings. The van der Waals surface area contributed by atoms with Crippen molar-refractivity contribution in [1.29, 1.82) is 0 Å². The van der Waals surface area contributed by atoms with Gasteiger partial charge in [0.2, 0.25) is 0 Å². The van der Waals surface area contributed by atoms with Gasteiger partial charge in [0.25, 0.3) is 0 Å². The number of hydrogen-bond acceptors (Lipinski definition) is 12. The molecular weight excluding hydrogens is 741 g/mol.